The first-order valence-corrected chi connectivity index (χ1v) is 5.47. The molecule has 0 fully saturated rings. The second-order valence-corrected chi connectivity index (χ2v) is 3.27. The molecule has 0 spiro atoms. The minimum absolute atomic E-state index is 0.342. The number of ether oxygens (including phenoxy) is 2. The molecule has 0 saturated heterocycles. The lowest BCUT2D eigenvalue weighted by Gasteiger charge is -2.04. The summed E-state index contributed by atoms with van der Waals surface area (Å²) >= 11 is 0. The van der Waals surface area contributed by atoms with Gasteiger partial charge >= 0.3 is 6.16 Å². The van der Waals surface area contributed by atoms with Gasteiger partial charge in [-0.05, 0) is 19.3 Å². The van der Waals surface area contributed by atoms with Crippen molar-refractivity contribution in [3.05, 3.63) is 0 Å². The molecule has 0 amide bonds. The van der Waals surface area contributed by atoms with Crippen LogP contribution in [0.25, 0.3) is 0 Å². The Balaban J connectivity index is 3.16. The van der Waals surface area contributed by atoms with Gasteiger partial charge in [0, 0.05) is 6.42 Å². The Labute approximate surface area is 91.2 Å². The predicted molar refractivity (Wildman–Crippen MR) is 56.3 cm³/mol. The summed E-state index contributed by atoms with van der Waals surface area (Å²) in [5.41, 5.74) is 0. The van der Waals surface area contributed by atoms with Gasteiger partial charge < -0.3 is 9.47 Å². The van der Waals surface area contributed by atoms with Crippen LogP contribution in [-0.2, 0) is 9.47 Å². The molecule has 0 radical (unpaired) electrons. The molecule has 0 N–H and O–H groups in total. The van der Waals surface area contributed by atoms with Gasteiger partial charge in [-0.1, -0.05) is 19.8 Å². The molecule has 0 aromatic rings. The van der Waals surface area contributed by atoms with E-state index in [1.54, 1.807) is 0 Å². The first-order chi connectivity index (χ1) is 7.31. The molecule has 86 valence electrons. The Kier molecular flexibility index (Phi) is 9.94. The van der Waals surface area contributed by atoms with Crippen LogP contribution in [0.1, 0.15) is 45.4 Å². The molecule has 0 rings (SSSR count). The van der Waals surface area contributed by atoms with Crippen molar-refractivity contribution in [1.82, 2.24) is 0 Å². The van der Waals surface area contributed by atoms with Crippen molar-refractivity contribution in [2.24, 2.45) is 0 Å². The van der Waals surface area contributed by atoms with E-state index in [0.29, 0.717) is 19.6 Å². The zero-order valence-corrected chi connectivity index (χ0v) is 9.33. The molecular weight excluding hydrogens is 194 g/mol. The third-order valence-electron chi connectivity index (χ3n) is 1.87. The Morgan fingerprint density at radius 3 is 2.27 bits per heavy atom. The molecule has 4 heteroatoms. The van der Waals surface area contributed by atoms with E-state index in [1.165, 1.54) is 0 Å². The highest BCUT2D eigenvalue weighted by atomic mass is 16.7. The first kappa shape index (κ1) is 13.8. The van der Waals surface area contributed by atoms with E-state index in [2.05, 4.69) is 6.92 Å². The number of unbranched alkanes of at least 4 members (excludes halogenated alkanes) is 4. The summed E-state index contributed by atoms with van der Waals surface area (Å²) in [6.07, 6.45) is 4.46. The van der Waals surface area contributed by atoms with Crippen molar-refractivity contribution in [2.45, 2.75) is 45.4 Å². The highest BCUT2D eigenvalue weighted by molar-refractivity contribution is 5.59. The van der Waals surface area contributed by atoms with Crippen LogP contribution in [-0.4, -0.2) is 19.4 Å². The van der Waals surface area contributed by atoms with E-state index in [1.807, 2.05) is 6.07 Å². The fourth-order valence-corrected chi connectivity index (χ4v) is 1.01. The third kappa shape index (κ3) is 10.7. The zero-order chi connectivity index (χ0) is 11.4. The van der Waals surface area contributed by atoms with E-state index in [4.69, 9.17) is 14.7 Å². The maximum Gasteiger partial charge on any atom is 0.508 e. The quantitative estimate of drug-likeness (QED) is 0.459. The highest BCUT2D eigenvalue weighted by Gasteiger charge is 2.02. The van der Waals surface area contributed by atoms with Crippen LogP contribution in [0.2, 0.25) is 0 Å². The van der Waals surface area contributed by atoms with Gasteiger partial charge in [0.25, 0.3) is 0 Å². The van der Waals surface area contributed by atoms with Crippen molar-refractivity contribution in [1.29, 1.82) is 5.26 Å². The summed E-state index contributed by atoms with van der Waals surface area (Å²) in [6.45, 7) is 2.87. The molecule has 0 bridgehead atoms. The third-order valence-corrected chi connectivity index (χ3v) is 1.87. The van der Waals surface area contributed by atoms with Gasteiger partial charge in [0.2, 0.25) is 0 Å². The zero-order valence-electron chi connectivity index (χ0n) is 9.33. The molecule has 0 aliphatic heterocycles. The van der Waals surface area contributed by atoms with Crippen molar-refractivity contribution in [2.75, 3.05) is 13.2 Å². The van der Waals surface area contributed by atoms with E-state index in [0.717, 1.165) is 32.1 Å². The lowest BCUT2D eigenvalue weighted by atomic mass is 10.3. The number of rotatable bonds is 8. The SMILES string of the molecule is CCCCCOC(=O)OCCCCC#N. The van der Waals surface area contributed by atoms with Crippen LogP contribution in [0, 0.1) is 11.3 Å². The molecule has 0 aliphatic rings. The Morgan fingerprint density at radius 1 is 1.13 bits per heavy atom. The average molecular weight is 213 g/mol. The van der Waals surface area contributed by atoms with Crippen molar-refractivity contribution >= 4 is 6.16 Å². The minimum atomic E-state index is -0.594. The van der Waals surface area contributed by atoms with Gasteiger partial charge in [0.05, 0.1) is 19.3 Å². The average Bonchev–Trinajstić information content (AvgIpc) is 2.24. The maximum absolute atomic E-state index is 10.9. The summed E-state index contributed by atoms with van der Waals surface area (Å²) in [7, 11) is 0. The van der Waals surface area contributed by atoms with Gasteiger partial charge in [-0.15, -0.1) is 0 Å². The van der Waals surface area contributed by atoms with Crippen LogP contribution >= 0.6 is 0 Å². The summed E-state index contributed by atoms with van der Waals surface area (Å²) in [5.74, 6) is 0. The van der Waals surface area contributed by atoms with Gasteiger partial charge in [-0.25, -0.2) is 4.79 Å². The van der Waals surface area contributed by atoms with E-state index in [-0.39, 0.29) is 0 Å². The smallest absolute Gasteiger partial charge is 0.434 e. The number of hydrogen-bond acceptors (Lipinski definition) is 4. The van der Waals surface area contributed by atoms with Crippen LogP contribution in [0.4, 0.5) is 4.79 Å². The number of nitriles is 1. The fraction of sp³-hybridized carbons (Fsp3) is 0.818. The molecular formula is C11H19NO3. The van der Waals surface area contributed by atoms with E-state index in [9.17, 15) is 4.79 Å². The van der Waals surface area contributed by atoms with Gasteiger partial charge in [-0.2, -0.15) is 5.26 Å². The normalized spacial score (nSPS) is 9.33. The summed E-state index contributed by atoms with van der Waals surface area (Å²) in [5, 5.41) is 8.26. The van der Waals surface area contributed by atoms with Crippen LogP contribution in [0.15, 0.2) is 0 Å². The Morgan fingerprint density at radius 2 is 1.73 bits per heavy atom. The maximum atomic E-state index is 10.9. The Hall–Kier alpha value is -1.24. The topological polar surface area (TPSA) is 59.3 Å². The summed E-state index contributed by atoms with van der Waals surface area (Å²) in [4.78, 5) is 10.9. The summed E-state index contributed by atoms with van der Waals surface area (Å²) < 4.78 is 9.62. The highest BCUT2D eigenvalue weighted by Crippen LogP contribution is 1.98. The molecule has 0 atom stereocenters. The fourth-order valence-electron chi connectivity index (χ4n) is 1.01. The van der Waals surface area contributed by atoms with E-state index >= 15 is 0 Å². The number of nitrogens with zero attached hydrogens (tertiary/aromatic N) is 1. The van der Waals surface area contributed by atoms with Crippen molar-refractivity contribution in [3.8, 4) is 6.07 Å². The van der Waals surface area contributed by atoms with Crippen LogP contribution in [0.3, 0.4) is 0 Å². The van der Waals surface area contributed by atoms with Gasteiger partial charge in [0.1, 0.15) is 0 Å². The molecule has 0 aromatic heterocycles. The minimum Gasteiger partial charge on any atom is -0.434 e. The standard InChI is InChI=1S/C11H19NO3/c1-2-3-6-9-14-11(13)15-10-7-4-5-8-12/h2-7,9-10H2,1H3. The monoisotopic (exact) mass is 213 g/mol. The molecule has 4 nitrogen and oxygen atoms in total. The number of carbonyl (C=O) groups excluding carboxylic acids is 1. The molecule has 0 aromatic carbocycles. The first-order valence-electron chi connectivity index (χ1n) is 5.47. The summed E-state index contributed by atoms with van der Waals surface area (Å²) in [6, 6.07) is 2.03. The van der Waals surface area contributed by atoms with Crippen LogP contribution < -0.4 is 0 Å². The van der Waals surface area contributed by atoms with Crippen molar-refractivity contribution < 1.29 is 14.3 Å². The van der Waals surface area contributed by atoms with Gasteiger partial charge in [0.15, 0.2) is 0 Å². The molecule has 0 unspecified atom stereocenters. The molecule has 0 aliphatic carbocycles. The number of carbonyl (C=O) groups is 1. The number of hydrogen-bond donors (Lipinski definition) is 0. The molecule has 0 saturated carbocycles. The lowest BCUT2D eigenvalue weighted by molar-refractivity contribution is 0.0531. The Bertz CT molecular complexity index is 198. The lowest BCUT2D eigenvalue weighted by Crippen LogP contribution is -2.09. The predicted octanol–water partition coefficient (Wildman–Crippen LogP) is 3.02. The molecule has 15 heavy (non-hydrogen) atoms. The van der Waals surface area contributed by atoms with Crippen LogP contribution in [0.5, 0.6) is 0 Å². The van der Waals surface area contributed by atoms with E-state index < -0.39 is 6.16 Å². The van der Waals surface area contributed by atoms with Crippen molar-refractivity contribution in [3.63, 3.8) is 0 Å². The second-order valence-electron chi connectivity index (χ2n) is 3.27. The van der Waals surface area contributed by atoms with Gasteiger partial charge in [-0.3, -0.25) is 0 Å². The molecule has 0 heterocycles. The largest absolute Gasteiger partial charge is 0.508 e. The second kappa shape index (κ2) is 10.8.